The SMILES string of the molecule is NCCC(=O)NC(Cc1c[nH]cn1)C(=O)[O-].NCCC(=O)NC(Cc1c[nH]cn1)C(=O)[O-].[Cu+].[H+].[H+]. The van der Waals surface area contributed by atoms with Crippen LogP contribution in [0.2, 0.25) is 0 Å². The van der Waals surface area contributed by atoms with E-state index in [-0.39, 0.29) is 58.7 Å². The Morgan fingerprint density at radius 1 is 0.848 bits per heavy atom. The molecule has 2 atom stereocenters. The number of aromatic nitrogens is 4. The van der Waals surface area contributed by atoms with E-state index in [9.17, 15) is 29.4 Å². The average Bonchev–Trinajstić information content (AvgIpc) is 3.42. The number of amides is 2. The summed E-state index contributed by atoms with van der Waals surface area (Å²) < 4.78 is 0. The summed E-state index contributed by atoms with van der Waals surface area (Å²) in [4.78, 5) is 57.0. The van der Waals surface area contributed by atoms with Crippen molar-refractivity contribution in [2.75, 3.05) is 13.1 Å². The molecule has 15 heteroatoms. The second-order valence-electron chi connectivity index (χ2n) is 6.48. The summed E-state index contributed by atoms with van der Waals surface area (Å²) >= 11 is 0. The first kappa shape index (κ1) is 29.7. The van der Waals surface area contributed by atoms with Gasteiger partial charge in [-0.25, -0.2) is 9.97 Å². The molecule has 2 aromatic heterocycles. The van der Waals surface area contributed by atoms with Gasteiger partial charge in [0.05, 0.1) is 48.1 Å². The molecule has 2 amide bonds. The van der Waals surface area contributed by atoms with Crippen molar-refractivity contribution >= 4 is 23.8 Å². The van der Waals surface area contributed by atoms with Crippen LogP contribution >= 0.6 is 0 Å². The zero-order valence-corrected chi connectivity index (χ0v) is 18.4. The molecular formula is C18H28CuN8O6+. The molecule has 0 aromatic carbocycles. The Bertz CT molecular complexity index is 787. The molecule has 186 valence electrons. The number of rotatable bonds is 12. The molecule has 2 aromatic rings. The van der Waals surface area contributed by atoms with E-state index in [4.69, 9.17) is 11.5 Å². The third-order valence-electron chi connectivity index (χ3n) is 3.92. The first-order valence-electron chi connectivity index (χ1n) is 9.62. The number of hydrogen-bond donors (Lipinski definition) is 6. The topological polar surface area (TPSA) is 248 Å². The number of hydrogen-bond acceptors (Lipinski definition) is 10. The maximum absolute atomic E-state index is 11.2. The van der Waals surface area contributed by atoms with Crippen molar-refractivity contribution in [1.29, 1.82) is 0 Å². The fraction of sp³-hybridized carbons (Fsp3) is 0.444. The van der Waals surface area contributed by atoms with Crippen LogP contribution in [0.3, 0.4) is 0 Å². The third-order valence-corrected chi connectivity index (χ3v) is 3.92. The molecule has 33 heavy (non-hydrogen) atoms. The summed E-state index contributed by atoms with van der Waals surface area (Å²) in [5.74, 6) is -3.50. The molecule has 0 aliphatic rings. The molecule has 0 bridgehead atoms. The smallest absolute Gasteiger partial charge is 0.548 e. The first-order valence-corrected chi connectivity index (χ1v) is 9.62. The van der Waals surface area contributed by atoms with E-state index in [0.717, 1.165) is 0 Å². The molecule has 0 saturated carbocycles. The summed E-state index contributed by atoms with van der Waals surface area (Å²) in [5.41, 5.74) is 11.4. The van der Waals surface area contributed by atoms with Gasteiger partial charge in [0.1, 0.15) is 0 Å². The molecule has 0 radical (unpaired) electrons. The fourth-order valence-corrected chi connectivity index (χ4v) is 2.41. The molecule has 2 heterocycles. The van der Waals surface area contributed by atoms with Crippen molar-refractivity contribution in [3.8, 4) is 0 Å². The second kappa shape index (κ2) is 16.4. The van der Waals surface area contributed by atoms with Gasteiger partial charge >= 0.3 is 19.9 Å². The number of carboxylic acid groups (broad SMARTS) is 2. The van der Waals surface area contributed by atoms with Gasteiger partial charge in [0.2, 0.25) is 11.8 Å². The second-order valence-corrected chi connectivity index (χ2v) is 6.48. The number of aromatic amines is 2. The van der Waals surface area contributed by atoms with Gasteiger partial charge in [-0.05, 0) is 0 Å². The average molecular weight is 516 g/mol. The van der Waals surface area contributed by atoms with E-state index < -0.39 is 35.8 Å². The van der Waals surface area contributed by atoms with Crippen molar-refractivity contribution in [3.05, 3.63) is 36.4 Å². The van der Waals surface area contributed by atoms with Crippen molar-refractivity contribution in [3.63, 3.8) is 0 Å². The predicted molar refractivity (Wildman–Crippen MR) is 108 cm³/mol. The van der Waals surface area contributed by atoms with Gasteiger partial charge in [0, 0.05) is 51.2 Å². The Kier molecular flexibility index (Phi) is 14.8. The summed E-state index contributed by atoms with van der Waals surface area (Å²) in [5, 5.41) is 26.2. The number of H-pyrrole nitrogens is 2. The normalized spacial score (nSPS) is 11.7. The molecule has 0 aliphatic heterocycles. The molecule has 0 aliphatic carbocycles. The van der Waals surface area contributed by atoms with Crippen molar-refractivity contribution in [1.82, 2.24) is 30.6 Å². The standard InChI is InChI=1S/2C9H14N4O3.Cu/c2*10-2-1-8(14)13-7(9(15)16)3-6-4-11-5-12-6;/h2*4-5,7H,1-3,10H2,(H,11,12)(H,13,14)(H,15,16);/q;;+1. The van der Waals surface area contributed by atoms with Gasteiger partial charge in [-0.2, -0.15) is 0 Å². The van der Waals surface area contributed by atoms with Gasteiger partial charge in [0.15, 0.2) is 0 Å². The van der Waals surface area contributed by atoms with Crippen molar-refractivity contribution in [2.24, 2.45) is 11.5 Å². The molecular weight excluding hydrogens is 488 g/mol. The zero-order valence-electron chi connectivity index (χ0n) is 19.5. The number of nitrogens with two attached hydrogens (primary N) is 2. The van der Waals surface area contributed by atoms with E-state index in [1.54, 1.807) is 12.4 Å². The quantitative estimate of drug-likeness (QED) is 0.147. The van der Waals surface area contributed by atoms with Gasteiger partial charge in [-0.1, -0.05) is 0 Å². The summed E-state index contributed by atoms with van der Waals surface area (Å²) in [6.45, 7) is 0.349. The summed E-state index contributed by atoms with van der Waals surface area (Å²) in [7, 11) is 0. The van der Waals surface area contributed by atoms with E-state index >= 15 is 0 Å². The molecule has 0 fully saturated rings. The van der Waals surface area contributed by atoms with Crippen LogP contribution in [0.1, 0.15) is 27.1 Å². The molecule has 8 N–H and O–H groups in total. The van der Waals surface area contributed by atoms with Gasteiger partial charge in [-0.15, -0.1) is 0 Å². The van der Waals surface area contributed by atoms with Gasteiger partial charge in [-0.3, -0.25) is 9.59 Å². The third kappa shape index (κ3) is 12.4. The number of carbonyl (C=O) groups excluding carboxylic acids is 4. The number of nitrogens with zero attached hydrogens (tertiary/aromatic N) is 2. The molecule has 2 rings (SSSR count). The Balaban J connectivity index is -0.000000539. The minimum absolute atomic E-state index is 0. The van der Waals surface area contributed by atoms with Gasteiger partial charge in [0.25, 0.3) is 0 Å². The molecule has 2 unspecified atom stereocenters. The van der Waals surface area contributed by atoms with Gasteiger partial charge < -0.3 is 51.9 Å². The number of carboxylic acids is 2. The Hall–Kier alpha value is -3.26. The van der Waals surface area contributed by atoms with Crippen LogP contribution in [-0.2, 0) is 49.1 Å². The molecule has 0 saturated heterocycles. The maximum Gasteiger partial charge on any atom is 1.00 e. The van der Waals surface area contributed by atoms with Crippen LogP contribution in [0.25, 0.3) is 0 Å². The minimum Gasteiger partial charge on any atom is -0.548 e. The van der Waals surface area contributed by atoms with E-state index in [1.165, 1.54) is 12.7 Å². The fourth-order valence-electron chi connectivity index (χ4n) is 2.41. The number of carbonyl (C=O) groups is 4. The van der Waals surface area contributed by atoms with Crippen LogP contribution in [-0.4, -0.2) is 68.9 Å². The largest absolute Gasteiger partial charge is 1.00 e. The number of imidazole rings is 2. The first-order chi connectivity index (χ1) is 15.3. The zero-order chi connectivity index (χ0) is 23.9. The predicted octanol–water partition coefficient (Wildman–Crippen LogP) is -4.71. The van der Waals surface area contributed by atoms with Crippen LogP contribution in [0, 0.1) is 0 Å². The Labute approximate surface area is 202 Å². The van der Waals surface area contributed by atoms with E-state index in [0.29, 0.717) is 11.4 Å². The Morgan fingerprint density at radius 2 is 1.21 bits per heavy atom. The summed E-state index contributed by atoms with van der Waals surface area (Å²) in [6.07, 6.45) is 6.34. The van der Waals surface area contributed by atoms with Crippen LogP contribution < -0.4 is 32.3 Å². The molecule has 14 nitrogen and oxygen atoms in total. The maximum atomic E-state index is 11.2. The van der Waals surface area contributed by atoms with Crippen LogP contribution in [0.4, 0.5) is 0 Å². The van der Waals surface area contributed by atoms with E-state index in [1.807, 2.05) is 0 Å². The monoisotopic (exact) mass is 515 g/mol. The molecule has 0 spiro atoms. The summed E-state index contributed by atoms with van der Waals surface area (Å²) in [6, 6.07) is -2.16. The van der Waals surface area contributed by atoms with Crippen LogP contribution in [0.15, 0.2) is 25.0 Å². The Morgan fingerprint density at radius 3 is 1.45 bits per heavy atom. The van der Waals surface area contributed by atoms with Crippen molar-refractivity contribution in [2.45, 2.75) is 37.8 Å². The number of aliphatic carboxylic acids is 2. The minimum atomic E-state index is -1.34. The van der Waals surface area contributed by atoms with Crippen molar-refractivity contribution < 1.29 is 49.3 Å². The number of nitrogens with one attached hydrogen (secondary N) is 4. The van der Waals surface area contributed by atoms with Crippen LogP contribution in [0.5, 0.6) is 0 Å². The van der Waals surface area contributed by atoms with E-state index in [2.05, 4.69) is 30.6 Å².